The van der Waals surface area contributed by atoms with E-state index >= 15 is 0 Å². The highest BCUT2D eigenvalue weighted by Gasteiger charge is 2.19. The van der Waals surface area contributed by atoms with E-state index < -0.39 is 0 Å². The summed E-state index contributed by atoms with van der Waals surface area (Å²) in [5, 5.41) is 13.7. The molecule has 0 radical (unpaired) electrons. The second kappa shape index (κ2) is 7.67. The van der Waals surface area contributed by atoms with Crippen LogP contribution in [-0.2, 0) is 6.54 Å². The summed E-state index contributed by atoms with van der Waals surface area (Å²) < 4.78 is 3.51. The highest BCUT2D eigenvalue weighted by molar-refractivity contribution is 6.07. The summed E-state index contributed by atoms with van der Waals surface area (Å²) in [7, 11) is 0. The van der Waals surface area contributed by atoms with E-state index in [2.05, 4.69) is 25.7 Å². The van der Waals surface area contributed by atoms with Gasteiger partial charge in [-0.25, -0.2) is 15.1 Å². The van der Waals surface area contributed by atoms with Gasteiger partial charge in [-0.3, -0.25) is 9.48 Å². The van der Waals surface area contributed by atoms with Crippen molar-refractivity contribution in [2.75, 3.05) is 0 Å². The molecule has 8 heteroatoms. The van der Waals surface area contributed by atoms with Gasteiger partial charge in [0.05, 0.1) is 34.6 Å². The minimum Gasteiger partial charge on any atom is -0.267 e. The Bertz CT molecular complexity index is 1190. The number of fused-ring (bicyclic) bond motifs is 1. The summed E-state index contributed by atoms with van der Waals surface area (Å²) in [5.41, 5.74) is 6.90. The Balaban J connectivity index is 1.68. The third-order valence-corrected chi connectivity index (χ3v) is 4.48. The minimum atomic E-state index is -0.295. The summed E-state index contributed by atoms with van der Waals surface area (Å²) in [6.45, 7) is 6.08. The highest BCUT2D eigenvalue weighted by Crippen LogP contribution is 2.24. The van der Waals surface area contributed by atoms with Crippen LogP contribution < -0.4 is 5.43 Å². The number of nitrogens with zero attached hydrogens (tertiary/aromatic N) is 6. The molecular weight excluding hydrogens is 366 g/mol. The lowest BCUT2D eigenvalue weighted by atomic mass is 10.1. The van der Waals surface area contributed by atoms with Gasteiger partial charge in [0.1, 0.15) is 0 Å². The van der Waals surface area contributed by atoms with Crippen LogP contribution in [0.4, 0.5) is 0 Å². The molecule has 146 valence electrons. The van der Waals surface area contributed by atoms with Gasteiger partial charge in [0.2, 0.25) is 0 Å². The fourth-order valence-electron chi connectivity index (χ4n) is 3.21. The molecule has 0 saturated carbocycles. The molecule has 8 nitrogen and oxygen atoms in total. The number of aryl methyl sites for hydroxylation is 2. The molecule has 0 bridgehead atoms. The van der Waals surface area contributed by atoms with Crippen molar-refractivity contribution in [1.29, 1.82) is 0 Å². The fourth-order valence-corrected chi connectivity index (χ4v) is 3.21. The van der Waals surface area contributed by atoms with E-state index in [0.29, 0.717) is 17.8 Å². The van der Waals surface area contributed by atoms with Gasteiger partial charge in [0.25, 0.3) is 5.91 Å². The molecule has 4 aromatic rings. The van der Waals surface area contributed by atoms with E-state index in [0.717, 1.165) is 28.2 Å². The second-order valence-electron chi connectivity index (χ2n) is 6.83. The van der Waals surface area contributed by atoms with Crippen molar-refractivity contribution < 1.29 is 4.79 Å². The van der Waals surface area contributed by atoms with Crippen LogP contribution in [0, 0.1) is 13.8 Å². The van der Waals surface area contributed by atoms with E-state index in [-0.39, 0.29) is 5.91 Å². The topological polar surface area (TPSA) is 90.0 Å². The maximum atomic E-state index is 12.9. The molecular formula is C21H21N7O. The number of hydrogen-bond acceptors (Lipinski definition) is 5. The number of amides is 1. The Morgan fingerprint density at radius 2 is 1.97 bits per heavy atom. The first-order chi connectivity index (χ1) is 14.0. The van der Waals surface area contributed by atoms with Crippen LogP contribution in [0.3, 0.4) is 0 Å². The molecule has 3 aromatic heterocycles. The first-order valence-corrected chi connectivity index (χ1v) is 9.26. The van der Waals surface area contributed by atoms with E-state index in [9.17, 15) is 4.79 Å². The van der Waals surface area contributed by atoms with Gasteiger partial charge in [-0.15, -0.1) is 0 Å². The maximum absolute atomic E-state index is 12.9. The number of carbonyl (C=O) groups is 1. The number of aromatic nitrogens is 5. The summed E-state index contributed by atoms with van der Waals surface area (Å²) >= 11 is 0. The number of pyridine rings is 1. The molecule has 3 heterocycles. The van der Waals surface area contributed by atoms with Gasteiger partial charge in [0.15, 0.2) is 5.65 Å². The Kier molecular flexibility index (Phi) is 4.90. The Labute approximate surface area is 167 Å². The molecule has 0 fully saturated rings. The summed E-state index contributed by atoms with van der Waals surface area (Å²) in [6, 6.07) is 13.4. The summed E-state index contributed by atoms with van der Waals surface area (Å²) in [4.78, 5) is 17.5. The van der Waals surface area contributed by atoms with Crippen molar-refractivity contribution in [3.05, 3.63) is 71.8 Å². The zero-order valence-corrected chi connectivity index (χ0v) is 16.5. The zero-order valence-electron chi connectivity index (χ0n) is 16.5. The summed E-state index contributed by atoms with van der Waals surface area (Å²) in [6.07, 6.45) is 3.55. The number of para-hydroxylation sites is 1. The number of hydrogen-bond donors (Lipinski definition) is 1. The van der Waals surface area contributed by atoms with Crippen LogP contribution in [0.25, 0.3) is 16.7 Å². The highest BCUT2D eigenvalue weighted by atomic mass is 16.2. The van der Waals surface area contributed by atoms with Crippen LogP contribution >= 0.6 is 0 Å². The lowest BCUT2D eigenvalue weighted by Crippen LogP contribution is -2.21. The Hall–Kier alpha value is -3.81. The quantitative estimate of drug-likeness (QED) is 0.421. The van der Waals surface area contributed by atoms with E-state index in [1.165, 1.54) is 0 Å². The van der Waals surface area contributed by atoms with Crippen molar-refractivity contribution in [1.82, 2.24) is 30.0 Å². The van der Waals surface area contributed by atoms with Crippen molar-refractivity contribution in [3.8, 4) is 5.69 Å². The molecule has 0 atom stereocenters. The molecule has 4 rings (SSSR count). The molecule has 0 saturated heterocycles. The Morgan fingerprint density at radius 1 is 1.17 bits per heavy atom. The standard InChI is InChI=1S/C21H21N7O/c1-14-12-18(21(29)25-24-15(2)13-27-11-7-10-22-27)19-16(3)26-28(20(19)23-14)17-8-5-4-6-9-17/h4-12H,13H2,1-3H3,(H,25,29)/b24-15+. The lowest BCUT2D eigenvalue weighted by Gasteiger charge is -2.07. The SMILES string of the molecule is C/C(Cn1cccn1)=N\NC(=O)c1cc(C)nc2c1c(C)nn2-c1ccccc1. The molecule has 1 amide bonds. The molecule has 29 heavy (non-hydrogen) atoms. The molecule has 0 aliphatic rings. The number of nitrogens with one attached hydrogen (secondary N) is 1. The van der Waals surface area contributed by atoms with E-state index in [1.54, 1.807) is 21.6 Å². The lowest BCUT2D eigenvalue weighted by molar-refractivity contribution is 0.0956. The number of benzene rings is 1. The minimum absolute atomic E-state index is 0.295. The molecule has 0 aliphatic carbocycles. The van der Waals surface area contributed by atoms with Gasteiger partial charge in [0, 0.05) is 18.1 Å². The van der Waals surface area contributed by atoms with E-state index in [1.807, 2.05) is 63.4 Å². The monoisotopic (exact) mass is 387 g/mol. The average molecular weight is 387 g/mol. The number of hydrazone groups is 1. The maximum Gasteiger partial charge on any atom is 0.272 e. The molecule has 0 spiro atoms. The van der Waals surface area contributed by atoms with Gasteiger partial charge in [-0.2, -0.15) is 15.3 Å². The predicted octanol–water partition coefficient (Wildman–Crippen LogP) is 3.04. The Morgan fingerprint density at radius 3 is 2.69 bits per heavy atom. The third-order valence-electron chi connectivity index (χ3n) is 4.48. The molecule has 0 aliphatic heterocycles. The van der Waals surface area contributed by atoms with Crippen LogP contribution in [0.5, 0.6) is 0 Å². The van der Waals surface area contributed by atoms with Crippen molar-refractivity contribution in [3.63, 3.8) is 0 Å². The normalized spacial score (nSPS) is 11.8. The van der Waals surface area contributed by atoms with Crippen LogP contribution in [0.1, 0.15) is 28.7 Å². The number of rotatable bonds is 5. The van der Waals surface area contributed by atoms with E-state index in [4.69, 9.17) is 0 Å². The second-order valence-corrected chi connectivity index (χ2v) is 6.83. The summed E-state index contributed by atoms with van der Waals surface area (Å²) in [5.74, 6) is -0.295. The smallest absolute Gasteiger partial charge is 0.267 e. The average Bonchev–Trinajstić information content (AvgIpc) is 3.34. The largest absolute Gasteiger partial charge is 0.272 e. The van der Waals surface area contributed by atoms with Crippen molar-refractivity contribution in [2.45, 2.75) is 27.3 Å². The zero-order chi connectivity index (χ0) is 20.4. The first-order valence-electron chi connectivity index (χ1n) is 9.26. The molecule has 1 N–H and O–H groups in total. The molecule has 1 aromatic carbocycles. The number of carbonyl (C=O) groups excluding carboxylic acids is 1. The predicted molar refractivity (Wildman–Crippen MR) is 111 cm³/mol. The van der Waals surface area contributed by atoms with Gasteiger partial charge >= 0.3 is 0 Å². The van der Waals surface area contributed by atoms with Crippen LogP contribution in [0.15, 0.2) is 60.0 Å². The van der Waals surface area contributed by atoms with Gasteiger partial charge in [-0.1, -0.05) is 18.2 Å². The third kappa shape index (κ3) is 3.77. The molecule has 0 unspecified atom stereocenters. The van der Waals surface area contributed by atoms with Crippen molar-refractivity contribution in [2.24, 2.45) is 5.10 Å². The van der Waals surface area contributed by atoms with Crippen molar-refractivity contribution >= 4 is 22.7 Å². The van der Waals surface area contributed by atoms with Gasteiger partial charge in [-0.05, 0) is 45.0 Å². The fraction of sp³-hybridized carbons (Fsp3) is 0.190. The van der Waals surface area contributed by atoms with Gasteiger partial charge < -0.3 is 0 Å². The van der Waals surface area contributed by atoms with Crippen LogP contribution in [-0.4, -0.2) is 36.2 Å². The van der Waals surface area contributed by atoms with Crippen LogP contribution in [0.2, 0.25) is 0 Å². The first kappa shape index (κ1) is 18.5.